The lowest BCUT2D eigenvalue weighted by Gasteiger charge is -2.12. The fourth-order valence-corrected chi connectivity index (χ4v) is 2.96. The summed E-state index contributed by atoms with van der Waals surface area (Å²) < 4.78 is 17.1. The van der Waals surface area contributed by atoms with Crippen molar-refractivity contribution in [1.29, 1.82) is 0 Å². The molecule has 0 heterocycles. The molecule has 0 aliphatic carbocycles. The second-order valence-corrected chi connectivity index (χ2v) is 7.38. The van der Waals surface area contributed by atoms with E-state index in [1.54, 1.807) is 25.5 Å². The third-order valence-electron chi connectivity index (χ3n) is 4.97. The van der Waals surface area contributed by atoms with Crippen LogP contribution in [0.5, 0.6) is 17.2 Å². The fraction of sp³-hybridized carbons (Fsp3) is 0.240. The van der Waals surface area contributed by atoms with E-state index in [9.17, 15) is 10.1 Å². The summed E-state index contributed by atoms with van der Waals surface area (Å²) in [6.07, 6.45) is 2.36. The molecule has 0 unspecified atom stereocenters. The zero-order valence-electron chi connectivity index (χ0n) is 18.9. The zero-order chi connectivity index (χ0) is 23.6. The summed E-state index contributed by atoms with van der Waals surface area (Å²) in [6.45, 7) is 5.20. The van der Waals surface area contributed by atoms with Gasteiger partial charge in [-0.25, -0.2) is 0 Å². The van der Waals surface area contributed by atoms with Crippen molar-refractivity contribution in [2.75, 3.05) is 25.7 Å². The van der Waals surface area contributed by atoms with Gasteiger partial charge >= 0.3 is 0 Å². The molecule has 3 aromatic carbocycles. The normalized spacial score (nSPS) is 10.8. The van der Waals surface area contributed by atoms with Gasteiger partial charge in [-0.3, -0.25) is 15.5 Å². The summed E-state index contributed by atoms with van der Waals surface area (Å²) in [6, 6.07) is 17.6. The van der Waals surface area contributed by atoms with E-state index in [0.29, 0.717) is 30.4 Å². The number of ether oxygens (including phenoxy) is 3. The maximum absolute atomic E-state index is 10.7. The van der Waals surface area contributed by atoms with E-state index in [2.05, 4.69) is 30.4 Å². The van der Waals surface area contributed by atoms with E-state index in [0.717, 1.165) is 17.7 Å². The van der Waals surface area contributed by atoms with Crippen LogP contribution in [0, 0.1) is 24.0 Å². The first-order valence-corrected chi connectivity index (χ1v) is 10.5. The van der Waals surface area contributed by atoms with Gasteiger partial charge in [0.15, 0.2) is 11.5 Å². The van der Waals surface area contributed by atoms with Crippen molar-refractivity contribution in [2.24, 2.45) is 5.10 Å². The summed E-state index contributed by atoms with van der Waals surface area (Å²) in [5, 5.41) is 14.9. The number of benzene rings is 3. The van der Waals surface area contributed by atoms with Crippen molar-refractivity contribution < 1.29 is 19.1 Å². The molecule has 0 saturated carbocycles. The van der Waals surface area contributed by atoms with Crippen molar-refractivity contribution in [2.45, 2.75) is 20.3 Å². The van der Waals surface area contributed by atoms with E-state index >= 15 is 0 Å². The second kappa shape index (κ2) is 11.5. The molecule has 0 aliphatic heterocycles. The van der Waals surface area contributed by atoms with E-state index in [1.165, 1.54) is 23.3 Å². The van der Waals surface area contributed by atoms with Gasteiger partial charge in [0, 0.05) is 18.6 Å². The van der Waals surface area contributed by atoms with Crippen LogP contribution in [0.1, 0.15) is 23.1 Å². The Balaban J connectivity index is 1.47. The molecule has 0 aromatic heterocycles. The highest BCUT2D eigenvalue weighted by Gasteiger charge is 2.06. The number of aryl methyl sites for hydroxylation is 2. The van der Waals surface area contributed by atoms with Gasteiger partial charge in [-0.05, 0) is 73.0 Å². The van der Waals surface area contributed by atoms with Crippen molar-refractivity contribution >= 4 is 17.6 Å². The van der Waals surface area contributed by atoms with E-state index in [1.807, 2.05) is 30.3 Å². The van der Waals surface area contributed by atoms with Gasteiger partial charge in [0.1, 0.15) is 5.75 Å². The third-order valence-corrected chi connectivity index (χ3v) is 4.97. The number of hydrogen-bond donors (Lipinski definition) is 1. The van der Waals surface area contributed by atoms with Gasteiger partial charge in [-0.2, -0.15) is 5.10 Å². The molecule has 0 spiro atoms. The predicted molar refractivity (Wildman–Crippen MR) is 129 cm³/mol. The van der Waals surface area contributed by atoms with Crippen LogP contribution in [0.3, 0.4) is 0 Å². The largest absolute Gasteiger partial charge is 0.493 e. The van der Waals surface area contributed by atoms with Gasteiger partial charge in [-0.15, -0.1) is 0 Å². The molecule has 0 saturated heterocycles. The Labute approximate surface area is 193 Å². The van der Waals surface area contributed by atoms with Gasteiger partial charge in [-0.1, -0.05) is 6.07 Å². The highest BCUT2D eigenvalue weighted by molar-refractivity contribution is 5.81. The highest BCUT2D eigenvalue weighted by atomic mass is 16.6. The standard InChI is InChI=1S/C25H27N3O5/c1-18-5-11-23(15-19(18)2)32-13-4-14-33-24-12-6-20(16-25(24)31-3)17-26-27-21-7-9-22(10-8-21)28(29)30/h5-12,15-17,27H,4,13-14H2,1-3H3. The Bertz CT molecular complexity index is 1110. The number of rotatable bonds is 11. The van der Waals surface area contributed by atoms with Crippen LogP contribution >= 0.6 is 0 Å². The molecule has 0 fully saturated rings. The minimum atomic E-state index is -0.444. The number of nitro benzene ring substituents is 1. The molecular formula is C25H27N3O5. The van der Waals surface area contributed by atoms with Crippen molar-refractivity contribution in [3.8, 4) is 17.2 Å². The number of methoxy groups -OCH3 is 1. The van der Waals surface area contributed by atoms with Crippen LogP contribution in [0.2, 0.25) is 0 Å². The van der Waals surface area contributed by atoms with Gasteiger partial charge < -0.3 is 14.2 Å². The summed E-state index contributed by atoms with van der Waals surface area (Å²) in [7, 11) is 1.58. The maximum Gasteiger partial charge on any atom is 0.269 e. The SMILES string of the molecule is COc1cc(C=NNc2ccc([N+](=O)[O-])cc2)ccc1OCCCOc1ccc(C)c(C)c1. The summed E-state index contributed by atoms with van der Waals surface area (Å²) >= 11 is 0. The monoisotopic (exact) mass is 449 g/mol. The third kappa shape index (κ3) is 6.96. The Morgan fingerprint density at radius 1 is 0.939 bits per heavy atom. The quantitative estimate of drug-likeness (QED) is 0.179. The minimum Gasteiger partial charge on any atom is -0.493 e. The lowest BCUT2D eigenvalue weighted by Crippen LogP contribution is -2.06. The molecule has 3 rings (SSSR count). The maximum atomic E-state index is 10.7. The first kappa shape index (κ1) is 23.6. The van der Waals surface area contributed by atoms with Crippen molar-refractivity contribution in [1.82, 2.24) is 0 Å². The van der Waals surface area contributed by atoms with Gasteiger partial charge in [0.25, 0.3) is 5.69 Å². The summed E-state index contributed by atoms with van der Waals surface area (Å²) in [5.74, 6) is 2.11. The molecule has 33 heavy (non-hydrogen) atoms. The van der Waals surface area contributed by atoms with Crippen LogP contribution in [0.15, 0.2) is 65.8 Å². The van der Waals surface area contributed by atoms with Gasteiger partial charge in [0.05, 0.1) is 37.1 Å². The molecule has 3 aromatic rings. The molecule has 1 N–H and O–H groups in total. The van der Waals surface area contributed by atoms with Crippen molar-refractivity contribution in [3.63, 3.8) is 0 Å². The molecule has 8 nitrogen and oxygen atoms in total. The summed E-state index contributed by atoms with van der Waals surface area (Å²) in [5.41, 5.74) is 6.78. The molecular weight excluding hydrogens is 422 g/mol. The Morgan fingerprint density at radius 3 is 2.39 bits per heavy atom. The Kier molecular flexibility index (Phi) is 8.24. The van der Waals surface area contributed by atoms with Crippen LogP contribution in [0.25, 0.3) is 0 Å². The number of hydrazone groups is 1. The first-order chi connectivity index (χ1) is 16.0. The topological polar surface area (TPSA) is 95.2 Å². The second-order valence-electron chi connectivity index (χ2n) is 7.38. The lowest BCUT2D eigenvalue weighted by atomic mass is 10.1. The molecule has 0 aliphatic rings. The van der Waals surface area contributed by atoms with Crippen LogP contribution in [0.4, 0.5) is 11.4 Å². The van der Waals surface area contributed by atoms with E-state index < -0.39 is 4.92 Å². The lowest BCUT2D eigenvalue weighted by molar-refractivity contribution is -0.384. The number of nitrogens with one attached hydrogen (secondary N) is 1. The molecule has 172 valence electrons. The average molecular weight is 450 g/mol. The van der Waals surface area contributed by atoms with Crippen molar-refractivity contribution in [3.05, 3.63) is 87.5 Å². The zero-order valence-corrected chi connectivity index (χ0v) is 18.9. The fourth-order valence-electron chi connectivity index (χ4n) is 2.96. The molecule has 0 amide bonds. The van der Waals surface area contributed by atoms with Crippen LogP contribution < -0.4 is 19.6 Å². The molecule has 0 bridgehead atoms. The number of nitrogens with zero attached hydrogens (tertiary/aromatic N) is 2. The first-order valence-electron chi connectivity index (χ1n) is 10.5. The number of hydrogen-bond acceptors (Lipinski definition) is 7. The molecule has 0 radical (unpaired) electrons. The smallest absolute Gasteiger partial charge is 0.269 e. The van der Waals surface area contributed by atoms with Gasteiger partial charge in [0.2, 0.25) is 0 Å². The average Bonchev–Trinajstić information content (AvgIpc) is 2.82. The molecule has 0 atom stereocenters. The minimum absolute atomic E-state index is 0.0293. The Morgan fingerprint density at radius 2 is 1.70 bits per heavy atom. The summed E-state index contributed by atoms with van der Waals surface area (Å²) in [4.78, 5) is 10.3. The Hall–Kier alpha value is -4.07. The predicted octanol–water partition coefficient (Wildman–Crippen LogP) is 5.51. The van der Waals surface area contributed by atoms with Crippen LogP contribution in [-0.4, -0.2) is 31.5 Å². The van der Waals surface area contributed by atoms with Crippen LogP contribution in [-0.2, 0) is 0 Å². The number of non-ortho nitro benzene ring substituents is 1. The number of anilines is 1. The van der Waals surface area contributed by atoms with E-state index in [-0.39, 0.29) is 5.69 Å². The molecule has 8 heteroatoms. The number of nitro groups is 1. The van der Waals surface area contributed by atoms with E-state index in [4.69, 9.17) is 14.2 Å². The highest BCUT2D eigenvalue weighted by Crippen LogP contribution is 2.28.